The van der Waals surface area contributed by atoms with Crippen LogP contribution >= 0.6 is 22.9 Å². The van der Waals surface area contributed by atoms with E-state index >= 15 is 0 Å². The molecule has 3 heteroatoms. The minimum atomic E-state index is 0.533. The lowest BCUT2D eigenvalue weighted by molar-refractivity contribution is 0.313. The molecule has 0 saturated carbocycles. The van der Waals surface area contributed by atoms with Gasteiger partial charge in [0.05, 0.1) is 6.04 Å². The van der Waals surface area contributed by atoms with E-state index in [0.717, 1.165) is 13.1 Å². The molecule has 1 aliphatic heterocycles. The molecule has 1 heterocycles. The van der Waals surface area contributed by atoms with Crippen molar-refractivity contribution in [2.24, 2.45) is 0 Å². The van der Waals surface area contributed by atoms with Crippen molar-refractivity contribution in [1.82, 2.24) is 8.43 Å². The minimum Gasteiger partial charge on any atom is -0.308 e. The van der Waals surface area contributed by atoms with Crippen molar-refractivity contribution in [1.29, 1.82) is 0 Å². The summed E-state index contributed by atoms with van der Waals surface area (Å²) in [5.74, 6) is 0. The van der Waals surface area contributed by atoms with Crippen molar-refractivity contribution < 1.29 is 0 Å². The molecule has 0 bridgehead atoms. The fourth-order valence-electron chi connectivity index (χ4n) is 1.54. The predicted octanol–water partition coefficient (Wildman–Crippen LogP) is 1.10. The second-order valence-corrected chi connectivity index (χ2v) is 4.10. The van der Waals surface area contributed by atoms with Gasteiger partial charge in [-0.3, -0.25) is 0 Å². The second-order valence-electron chi connectivity index (χ2n) is 2.86. The average Bonchev–Trinajstić information content (AvgIpc) is 2.06. The van der Waals surface area contributed by atoms with Crippen LogP contribution in [0.1, 0.15) is 0 Å². The number of nitrogens with one attached hydrogen (secondary N) is 1. The standard InChI is InChI=1S/C8H11IN2/c9-11-6-5-10-7-3-1-2-4-8(7)11/h1-4,7-8,10H,5-6H2. The van der Waals surface area contributed by atoms with Crippen LogP contribution in [-0.4, -0.2) is 28.3 Å². The van der Waals surface area contributed by atoms with E-state index < -0.39 is 0 Å². The molecule has 2 unspecified atom stereocenters. The summed E-state index contributed by atoms with van der Waals surface area (Å²) in [4.78, 5) is 0. The van der Waals surface area contributed by atoms with Gasteiger partial charge in [-0.25, -0.2) is 3.11 Å². The maximum Gasteiger partial charge on any atom is 0.0567 e. The third-order valence-electron chi connectivity index (χ3n) is 2.13. The Morgan fingerprint density at radius 3 is 3.00 bits per heavy atom. The lowest BCUT2D eigenvalue weighted by atomic mass is 10.0. The van der Waals surface area contributed by atoms with Gasteiger partial charge in [0.25, 0.3) is 0 Å². The Morgan fingerprint density at radius 1 is 1.36 bits per heavy atom. The average molecular weight is 262 g/mol. The molecule has 0 radical (unpaired) electrons. The molecule has 0 aromatic carbocycles. The number of halogens is 1. The zero-order valence-electron chi connectivity index (χ0n) is 6.20. The highest BCUT2D eigenvalue weighted by atomic mass is 127. The summed E-state index contributed by atoms with van der Waals surface area (Å²) in [6.07, 6.45) is 8.72. The monoisotopic (exact) mass is 262 g/mol. The first-order valence-corrected chi connectivity index (χ1v) is 4.85. The van der Waals surface area contributed by atoms with Crippen molar-refractivity contribution >= 4 is 22.9 Å². The molecular weight excluding hydrogens is 251 g/mol. The number of rotatable bonds is 0. The molecule has 1 saturated heterocycles. The molecule has 2 nitrogen and oxygen atoms in total. The Balaban J connectivity index is 2.14. The Bertz CT molecular complexity index is 200. The molecule has 1 fully saturated rings. The Morgan fingerprint density at radius 2 is 2.18 bits per heavy atom. The molecular formula is C8H11IN2. The maximum atomic E-state index is 3.47. The van der Waals surface area contributed by atoms with Gasteiger partial charge in [0.2, 0.25) is 0 Å². The van der Waals surface area contributed by atoms with E-state index in [1.165, 1.54) is 0 Å². The molecule has 1 N–H and O–H groups in total. The van der Waals surface area contributed by atoms with E-state index in [0.29, 0.717) is 12.1 Å². The van der Waals surface area contributed by atoms with Crippen molar-refractivity contribution in [2.75, 3.05) is 13.1 Å². The topological polar surface area (TPSA) is 15.3 Å². The highest BCUT2D eigenvalue weighted by Gasteiger charge is 2.26. The lowest BCUT2D eigenvalue weighted by Gasteiger charge is -2.36. The van der Waals surface area contributed by atoms with Gasteiger partial charge >= 0.3 is 0 Å². The maximum absolute atomic E-state index is 3.47. The number of hydrogen-bond acceptors (Lipinski definition) is 2. The van der Waals surface area contributed by atoms with Gasteiger partial charge in [-0.05, 0) is 0 Å². The Kier molecular flexibility index (Phi) is 2.29. The first kappa shape index (κ1) is 7.76. The smallest absolute Gasteiger partial charge is 0.0567 e. The molecule has 2 rings (SSSR count). The van der Waals surface area contributed by atoms with E-state index in [-0.39, 0.29) is 0 Å². The molecule has 0 spiro atoms. The Labute approximate surface area is 80.8 Å². The SMILES string of the molecule is IN1CCNC2C=CC=CC21. The van der Waals surface area contributed by atoms with Crippen LogP contribution in [0.2, 0.25) is 0 Å². The minimum absolute atomic E-state index is 0.533. The molecule has 0 aromatic heterocycles. The highest BCUT2D eigenvalue weighted by molar-refractivity contribution is 14.1. The van der Waals surface area contributed by atoms with Crippen LogP contribution in [0, 0.1) is 0 Å². The summed E-state index contributed by atoms with van der Waals surface area (Å²) >= 11 is 2.40. The van der Waals surface area contributed by atoms with E-state index in [9.17, 15) is 0 Å². The summed E-state index contributed by atoms with van der Waals surface area (Å²) in [6.45, 7) is 2.24. The van der Waals surface area contributed by atoms with Gasteiger partial charge in [0, 0.05) is 42.0 Å². The zero-order valence-corrected chi connectivity index (χ0v) is 8.36. The van der Waals surface area contributed by atoms with Crippen molar-refractivity contribution in [3.63, 3.8) is 0 Å². The largest absolute Gasteiger partial charge is 0.308 e. The first-order valence-electron chi connectivity index (χ1n) is 3.89. The summed E-state index contributed by atoms with van der Waals surface area (Å²) in [5.41, 5.74) is 0. The third-order valence-corrected chi connectivity index (χ3v) is 3.26. The number of piperazine rings is 1. The van der Waals surface area contributed by atoms with Crippen LogP contribution in [0.15, 0.2) is 24.3 Å². The molecule has 2 aliphatic rings. The van der Waals surface area contributed by atoms with Gasteiger partial charge < -0.3 is 5.32 Å². The van der Waals surface area contributed by atoms with Gasteiger partial charge in [0.15, 0.2) is 0 Å². The molecule has 1 aliphatic carbocycles. The normalized spacial score (nSPS) is 37.2. The van der Waals surface area contributed by atoms with Crippen LogP contribution in [0.3, 0.4) is 0 Å². The van der Waals surface area contributed by atoms with Crippen molar-refractivity contribution in [3.05, 3.63) is 24.3 Å². The van der Waals surface area contributed by atoms with Gasteiger partial charge in [-0.1, -0.05) is 24.3 Å². The van der Waals surface area contributed by atoms with E-state index in [4.69, 9.17) is 0 Å². The Hall–Kier alpha value is 0.130. The first-order chi connectivity index (χ1) is 5.38. The van der Waals surface area contributed by atoms with Crippen LogP contribution in [0.5, 0.6) is 0 Å². The summed E-state index contributed by atoms with van der Waals surface area (Å²) in [5, 5.41) is 3.47. The van der Waals surface area contributed by atoms with Crippen molar-refractivity contribution in [2.45, 2.75) is 12.1 Å². The highest BCUT2D eigenvalue weighted by Crippen LogP contribution is 2.18. The molecule has 11 heavy (non-hydrogen) atoms. The quantitative estimate of drug-likeness (QED) is 0.519. The fourth-order valence-corrected chi connectivity index (χ4v) is 2.31. The van der Waals surface area contributed by atoms with E-state index in [2.05, 4.69) is 55.6 Å². The van der Waals surface area contributed by atoms with E-state index in [1.54, 1.807) is 0 Å². The number of nitrogens with zero attached hydrogens (tertiary/aromatic N) is 1. The summed E-state index contributed by atoms with van der Waals surface area (Å²) in [6, 6.07) is 1.10. The third kappa shape index (κ3) is 1.50. The second kappa shape index (κ2) is 3.25. The predicted molar refractivity (Wildman–Crippen MR) is 54.6 cm³/mol. The molecule has 0 amide bonds. The van der Waals surface area contributed by atoms with E-state index in [1.807, 2.05) is 0 Å². The summed E-state index contributed by atoms with van der Waals surface area (Å²) < 4.78 is 2.36. The number of hydrogen-bond donors (Lipinski definition) is 1. The molecule has 0 aromatic rings. The van der Waals surface area contributed by atoms with Gasteiger partial charge in [-0.2, -0.15) is 0 Å². The summed E-state index contributed by atoms with van der Waals surface area (Å²) in [7, 11) is 0. The molecule has 60 valence electrons. The van der Waals surface area contributed by atoms with Crippen molar-refractivity contribution in [3.8, 4) is 0 Å². The van der Waals surface area contributed by atoms with Crippen LogP contribution < -0.4 is 5.32 Å². The van der Waals surface area contributed by atoms with Crippen LogP contribution in [0.25, 0.3) is 0 Å². The fraction of sp³-hybridized carbons (Fsp3) is 0.500. The van der Waals surface area contributed by atoms with Crippen LogP contribution in [0.4, 0.5) is 0 Å². The number of fused-ring (bicyclic) bond motifs is 1. The molecule has 2 atom stereocenters. The van der Waals surface area contributed by atoms with Crippen LogP contribution in [-0.2, 0) is 0 Å². The lowest BCUT2D eigenvalue weighted by Crippen LogP contribution is -2.53. The van der Waals surface area contributed by atoms with Gasteiger partial charge in [0.1, 0.15) is 0 Å². The number of allylic oxidation sites excluding steroid dienone is 2. The zero-order chi connectivity index (χ0) is 7.68. The van der Waals surface area contributed by atoms with Gasteiger partial charge in [-0.15, -0.1) is 0 Å².